The van der Waals surface area contributed by atoms with Crippen LogP contribution in [0.2, 0.25) is 0 Å². The maximum atomic E-state index is 12.2. The first kappa shape index (κ1) is 25.9. The van der Waals surface area contributed by atoms with Crippen LogP contribution in [-0.4, -0.2) is 70.5 Å². The molecule has 0 aliphatic heterocycles. The molecule has 5 nitrogen and oxygen atoms in total. The van der Waals surface area contributed by atoms with Crippen LogP contribution in [0.25, 0.3) is 0 Å². The molecule has 24 heavy (non-hydrogen) atoms. The number of rotatable bonds is 12. The van der Waals surface area contributed by atoms with E-state index < -0.39 is 12.7 Å². The largest absolute Gasteiger partial charge is 0.401 e. The molecule has 146 valence electrons. The topological polar surface area (TPSA) is 48.9 Å². The predicted molar refractivity (Wildman–Crippen MR) is 103 cm³/mol. The van der Waals surface area contributed by atoms with Crippen LogP contribution in [0.15, 0.2) is 4.99 Å². The highest BCUT2D eigenvalue weighted by molar-refractivity contribution is 14.0. The Kier molecular flexibility index (Phi) is 17.5. The molecule has 0 heterocycles. The molecule has 0 rings (SSSR count). The third kappa shape index (κ3) is 18.1. The molecule has 0 amide bonds. The molecule has 0 unspecified atom stereocenters. The van der Waals surface area contributed by atoms with Gasteiger partial charge in [-0.25, -0.2) is 0 Å². The lowest BCUT2D eigenvalue weighted by atomic mass is 10.3. The summed E-state index contributed by atoms with van der Waals surface area (Å²) in [4.78, 5) is 5.34. The number of ether oxygens (including phenoxy) is 1. The van der Waals surface area contributed by atoms with E-state index in [2.05, 4.69) is 22.5 Å². The molecule has 0 radical (unpaired) electrons. The zero-order valence-corrected chi connectivity index (χ0v) is 17.2. The second-order valence-electron chi connectivity index (χ2n) is 5.45. The SMILES string of the molecule is CCCCOCCCNC(=NC)NCCCN(C)CC(F)(F)F.I. The third-order valence-corrected chi connectivity index (χ3v) is 3.08. The van der Waals surface area contributed by atoms with Crippen LogP contribution in [0.3, 0.4) is 0 Å². The molecule has 0 atom stereocenters. The minimum Gasteiger partial charge on any atom is -0.381 e. The van der Waals surface area contributed by atoms with Crippen molar-refractivity contribution < 1.29 is 17.9 Å². The van der Waals surface area contributed by atoms with Gasteiger partial charge in [-0.15, -0.1) is 24.0 Å². The molecule has 0 bridgehead atoms. The molecular weight excluding hydrogens is 436 g/mol. The molecule has 0 aromatic heterocycles. The van der Waals surface area contributed by atoms with Crippen molar-refractivity contribution >= 4 is 29.9 Å². The van der Waals surface area contributed by atoms with Crippen LogP contribution in [0, 0.1) is 0 Å². The van der Waals surface area contributed by atoms with Gasteiger partial charge in [0.2, 0.25) is 0 Å². The summed E-state index contributed by atoms with van der Waals surface area (Å²) >= 11 is 0. The monoisotopic (exact) mass is 468 g/mol. The number of unbranched alkanes of at least 4 members (excludes halogenated alkanes) is 1. The minimum atomic E-state index is -4.14. The summed E-state index contributed by atoms with van der Waals surface area (Å²) in [6.07, 6.45) is -0.419. The smallest absolute Gasteiger partial charge is 0.381 e. The summed E-state index contributed by atoms with van der Waals surface area (Å²) < 4.78 is 42.0. The van der Waals surface area contributed by atoms with Crippen molar-refractivity contribution in [2.45, 2.75) is 38.8 Å². The standard InChI is InChI=1S/C15H31F3N4O.HI/c1-4-5-11-23-12-7-9-21-14(19-2)20-8-6-10-22(3)13-15(16,17)18;/h4-13H2,1-3H3,(H2,19,20,21);1H. The van der Waals surface area contributed by atoms with Gasteiger partial charge >= 0.3 is 6.18 Å². The van der Waals surface area contributed by atoms with Crippen LogP contribution >= 0.6 is 24.0 Å². The van der Waals surface area contributed by atoms with Crippen molar-refractivity contribution in [1.82, 2.24) is 15.5 Å². The molecule has 0 aliphatic rings. The fraction of sp³-hybridized carbons (Fsp3) is 0.933. The van der Waals surface area contributed by atoms with Crippen LogP contribution in [0.1, 0.15) is 32.6 Å². The van der Waals surface area contributed by atoms with Crippen LogP contribution in [-0.2, 0) is 4.74 Å². The number of aliphatic imine (C=N–C) groups is 1. The van der Waals surface area contributed by atoms with Crippen molar-refractivity contribution in [3.8, 4) is 0 Å². The summed E-state index contributed by atoms with van der Waals surface area (Å²) in [5.41, 5.74) is 0. The van der Waals surface area contributed by atoms with Gasteiger partial charge in [-0.1, -0.05) is 13.3 Å². The van der Waals surface area contributed by atoms with Gasteiger partial charge in [0.05, 0.1) is 6.54 Å². The van der Waals surface area contributed by atoms with E-state index in [9.17, 15) is 13.2 Å². The lowest BCUT2D eigenvalue weighted by Crippen LogP contribution is -2.39. The first-order valence-electron chi connectivity index (χ1n) is 8.16. The van der Waals surface area contributed by atoms with Gasteiger partial charge in [0.15, 0.2) is 5.96 Å². The second-order valence-corrected chi connectivity index (χ2v) is 5.45. The summed E-state index contributed by atoms with van der Waals surface area (Å²) in [7, 11) is 3.14. The van der Waals surface area contributed by atoms with Gasteiger partial charge in [0.1, 0.15) is 0 Å². The molecule has 0 spiro atoms. The highest BCUT2D eigenvalue weighted by atomic mass is 127. The van der Waals surface area contributed by atoms with Crippen molar-refractivity contribution in [2.75, 3.05) is 53.5 Å². The molecule has 0 saturated heterocycles. The van der Waals surface area contributed by atoms with E-state index >= 15 is 0 Å². The van der Waals surface area contributed by atoms with Gasteiger partial charge in [0, 0.05) is 33.4 Å². The fourth-order valence-corrected chi connectivity index (χ4v) is 1.89. The number of nitrogens with one attached hydrogen (secondary N) is 2. The van der Waals surface area contributed by atoms with E-state index in [1.807, 2.05) is 0 Å². The highest BCUT2D eigenvalue weighted by Gasteiger charge is 2.28. The Morgan fingerprint density at radius 3 is 2.21 bits per heavy atom. The Morgan fingerprint density at radius 1 is 1.08 bits per heavy atom. The van der Waals surface area contributed by atoms with Gasteiger partial charge in [-0.3, -0.25) is 9.89 Å². The first-order chi connectivity index (χ1) is 10.9. The lowest BCUT2D eigenvalue weighted by Gasteiger charge is -2.19. The van der Waals surface area contributed by atoms with Crippen LogP contribution in [0.4, 0.5) is 13.2 Å². The number of halogens is 4. The molecule has 0 aliphatic carbocycles. The Bertz CT molecular complexity index is 318. The van der Waals surface area contributed by atoms with E-state index in [1.54, 1.807) is 7.05 Å². The van der Waals surface area contributed by atoms with Crippen molar-refractivity contribution in [3.05, 3.63) is 0 Å². The Hall–Kier alpha value is -0.290. The number of alkyl halides is 3. The summed E-state index contributed by atoms with van der Waals surface area (Å²) in [5, 5.41) is 6.24. The molecule has 0 aromatic carbocycles. The molecule has 9 heteroatoms. The number of hydrogen-bond acceptors (Lipinski definition) is 3. The zero-order chi connectivity index (χ0) is 17.6. The van der Waals surface area contributed by atoms with Crippen LogP contribution in [0.5, 0.6) is 0 Å². The molecule has 0 saturated carbocycles. The van der Waals surface area contributed by atoms with E-state index in [1.165, 1.54) is 11.9 Å². The van der Waals surface area contributed by atoms with Gasteiger partial charge in [-0.05, 0) is 32.9 Å². The maximum Gasteiger partial charge on any atom is 0.401 e. The van der Waals surface area contributed by atoms with Crippen LogP contribution < -0.4 is 10.6 Å². The summed E-state index contributed by atoms with van der Waals surface area (Å²) in [5.74, 6) is 0.664. The Labute approximate surface area is 160 Å². The zero-order valence-electron chi connectivity index (χ0n) is 14.9. The second kappa shape index (κ2) is 16.2. The number of guanidine groups is 1. The normalized spacial score (nSPS) is 12.2. The van der Waals surface area contributed by atoms with E-state index in [-0.39, 0.29) is 24.0 Å². The minimum absolute atomic E-state index is 0. The average Bonchev–Trinajstić information content (AvgIpc) is 2.46. The van der Waals surface area contributed by atoms with Crippen molar-refractivity contribution in [1.29, 1.82) is 0 Å². The molecule has 2 N–H and O–H groups in total. The lowest BCUT2D eigenvalue weighted by molar-refractivity contribution is -0.143. The maximum absolute atomic E-state index is 12.2. The van der Waals surface area contributed by atoms with E-state index in [0.717, 1.165) is 32.4 Å². The Morgan fingerprint density at radius 2 is 1.67 bits per heavy atom. The average molecular weight is 468 g/mol. The number of nitrogens with zero attached hydrogens (tertiary/aromatic N) is 2. The first-order valence-corrected chi connectivity index (χ1v) is 8.16. The van der Waals surface area contributed by atoms with Gasteiger partial charge in [-0.2, -0.15) is 13.2 Å². The highest BCUT2D eigenvalue weighted by Crippen LogP contribution is 2.15. The third-order valence-electron chi connectivity index (χ3n) is 3.08. The van der Waals surface area contributed by atoms with Crippen molar-refractivity contribution in [3.63, 3.8) is 0 Å². The van der Waals surface area contributed by atoms with E-state index in [0.29, 0.717) is 32.1 Å². The predicted octanol–water partition coefficient (Wildman–Crippen LogP) is 2.86. The summed E-state index contributed by atoms with van der Waals surface area (Å²) in [6.45, 7) is 4.48. The quantitative estimate of drug-likeness (QED) is 0.200. The molecule has 0 fully saturated rings. The molecular formula is C15H32F3IN4O. The van der Waals surface area contributed by atoms with Crippen molar-refractivity contribution in [2.24, 2.45) is 4.99 Å². The Balaban J connectivity index is 0. The fourth-order valence-electron chi connectivity index (χ4n) is 1.89. The van der Waals surface area contributed by atoms with Gasteiger partial charge < -0.3 is 15.4 Å². The van der Waals surface area contributed by atoms with E-state index in [4.69, 9.17) is 4.74 Å². The van der Waals surface area contributed by atoms with Gasteiger partial charge in [0.25, 0.3) is 0 Å². The summed E-state index contributed by atoms with van der Waals surface area (Å²) in [6, 6.07) is 0. The molecule has 0 aromatic rings. The number of hydrogen-bond donors (Lipinski definition) is 2.